The first kappa shape index (κ1) is 16.6. The second-order valence-corrected chi connectivity index (χ2v) is 5.69. The number of hydrogen-bond donors (Lipinski definition) is 1. The summed E-state index contributed by atoms with van der Waals surface area (Å²) in [7, 11) is 1.22. The Balaban J connectivity index is 2.47. The number of anilines is 1. The molecule has 7 heteroatoms. The fraction of sp³-hybridized carbons (Fsp3) is 0.278. The number of rotatable bonds is 2. The Labute approximate surface area is 144 Å². The minimum absolute atomic E-state index is 0.0193. The van der Waals surface area contributed by atoms with Crippen molar-refractivity contribution < 1.29 is 19.1 Å². The molecule has 1 amide bonds. The summed E-state index contributed by atoms with van der Waals surface area (Å²) in [5.74, 6) is -1.20. The summed E-state index contributed by atoms with van der Waals surface area (Å²) < 4.78 is 10.3. The Morgan fingerprint density at radius 3 is 2.72 bits per heavy atom. The molecule has 128 valence electrons. The highest BCUT2D eigenvalue weighted by molar-refractivity contribution is 6.18. The lowest BCUT2D eigenvalue weighted by Gasteiger charge is -2.34. The van der Waals surface area contributed by atoms with Crippen molar-refractivity contribution in [1.29, 1.82) is 5.26 Å². The van der Waals surface area contributed by atoms with Gasteiger partial charge >= 0.3 is 5.97 Å². The van der Waals surface area contributed by atoms with Gasteiger partial charge in [0.1, 0.15) is 23.0 Å². The highest BCUT2D eigenvalue weighted by Gasteiger charge is 2.61. The first-order valence-electron chi connectivity index (χ1n) is 7.74. The van der Waals surface area contributed by atoms with E-state index in [4.69, 9.17) is 15.2 Å². The average molecular weight is 339 g/mol. The molecule has 3 rings (SSSR count). The van der Waals surface area contributed by atoms with Crippen LogP contribution in [0.15, 0.2) is 47.1 Å². The fourth-order valence-corrected chi connectivity index (χ4v) is 3.63. The zero-order chi connectivity index (χ0) is 18.4. The average Bonchev–Trinajstić information content (AvgIpc) is 2.84. The van der Waals surface area contributed by atoms with Crippen LogP contribution in [0.3, 0.4) is 0 Å². The number of benzene rings is 1. The Hall–Kier alpha value is -3.27. The van der Waals surface area contributed by atoms with Gasteiger partial charge in [-0.15, -0.1) is 0 Å². The number of nitrogens with two attached hydrogens (primary N) is 1. The number of carbonyl (C=O) groups excluding carboxylic acids is 2. The second-order valence-electron chi connectivity index (χ2n) is 5.69. The molecule has 2 aliphatic heterocycles. The third-order valence-corrected chi connectivity index (χ3v) is 4.59. The van der Waals surface area contributed by atoms with E-state index in [2.05, 4.69) is 0 Å². The zero-order valence-electron chi connectivity index (χ0n) is 14.1. The number of nitrogens with zero attached hydrogens (tertiary/aromatic N) is 2. The number of amides is 1. The summed E-state index contributed by atoms with van der Waals surface area (Å²) in [4.78, 5) is 27.5. The molecule has 0 radical (unpaired) electrons. The quantitative estimate of drug-likeness (QED) is 0.818. The summed E-state index contributed by atoms with van der Waals surface area (Å²) in [5, 5.41) is 9.73. The third-order valence-electron chi connectivity index (χ3n) is 4.59. The molecule has 2 N–H and O–H groups in total. The maximum Gasteiger partial charge on any atom is 0.339 e. The van der Waals surface area contributed by atoms with E-state index in [1.54, 1.807) is 24.3 Å². The molecular weight excluding hydrogens is 322 g/mol. The lowest BCUT2D eigenvalue weighted by Crippen LogP contribution is -2.48. The van der Waals surface area contributed by atoms with E-state index >= 15 is 0 Å². The van der Waals surface area contributed by atoms with Crippen LogP contribution in [0.25, 0.3) is 0 Å². The lowest BCUT2D eigenvalue weighted by atomic mass is 9.68. The smallest absolute Gasteiger partial charge is 0.339 e. The number of nitriles is 1. The molecule has 0 saturated carbocycles. The van der Waals surface area contributed by atoms with E-state index in [0.29, 0.717) is 17.8 Å². The molecule has 2 heterocycles. The maximum atomic E-state index is 13.4. The van der Waals surface area contributed by atoms with Gasteiger partial charge in [-0.05, 0) is 19.9 Å². The number of likely N-dealkylation sites (N-methyl/N-ethyl adjacent to an activating group) is 1. The van der Waals surface area contributed by atoms with E-state index in [0.717, 1.165) is 0 Å². The standard InChI is InChI=1S/C18H17N3O4/c1-4-21-13-8-6-5-7-11(13)18(17(21)23)12(9-19)15(20)25-10(2)14(18)16(22)24-3/h5-8H,4,20H2,1-3H3/t18-/m1/s1. The van der Waals surface area contributed by atoms with Gasteiger partial charge in [-0.1, -0.05) is 18.2 Å². The SMILES string of the molecule is CCN1C(=O)[C@@]2(C(C#N)=C(N)OC(C)=C2C(=O)OC)c2ccccc21. The minimum atomic E-state index is -1.65. The van der Waals surface area contributed by atoms with Crippen LogP contribution in [-0.4, -0.2) is 25.5 Å². The van der Waals surface area contributed by atoms with Gasteiger partial charge in [0.05, 0.1) is 7.11 Å². The summed E-state index contributed by atoms with van der Waals surface area (Å²) in [6, 6.07) is 9.00. The predicted molar refractivity (Wildman–Crippen MR) is 88.8 cm³/mol. The molecular formula is C18H17N3O4. The predicted octanol–water partition coefficient (Wildman–Crippen LogP) is 1.46. The summed E-state index contributed by atoms with van der Waals surface area (Å²) in [5.41, 5.74) is 5.30. The molecule has 25 heavy (non-hydrogen) atoms. The van der Waals surface area contributed by atoms with Gasteiger partial charge in [-0.2, -0.15) is 5.26 Å². The van der Waals surface area contributed by atoms with Crippen molar-refractivity contribution >= 4 is 17.6 Å². The van der Waals surface area contributed by atoms with Gasteiger partial charge in [0.25, 0.3) is 0 Å². The molecule has 1 aromatic carbocycles. The number of esters is 1. The van der Waals surface area contributed by atoms with Gasteiger partial charge in [-0.25, -0.2) is 4.79 Å². The van der Waals surface area contributed by atoms with Crippen molar-refractivity contribution in [3.05, 3.63) is 52.6 Å². The van der Waals surface area contributed by atoms with Gasteiger partial charge < -0.3 is 20.1 Å². The molecule has 0 aromatic heterocycles. The van der Waals surface area contributed by atoms with Crippen molar-refractivity contribution in [3.63, 3.8) is 0 Å². The van der Waals surface area contributed by atoms with Crippen LogP contribution in [0.5, 0.6) is 0 Å². The van der Waals surface area contributed by atoms with E-state index in [1.165, 1.54) is 18.9 Å². The van der Waals surface area contributed by atoms with E-state index in [-0.39, 0.29) is 22.8 Å². The number of hydrogen-bond acceptors (Lipinski definition) is 6. The Morgan fingerprint density at radius 2 is 2.12 bits per heavy atom. The molecule has 7 nitrogen and oxygen atoms in total. The van der Waals surface area contributed by atoms with Crippen LogP contribution < -0.4 is 10.6 Å². The van der Waals surface area contributed by atoms with Crippen LogP contribution in [0, 0.1) is 11.3 Å². The van der Waals surface area contributed by atoms with Gasteiger partial charge in [0, 0.05) is 17.8 Å². The summed E-state index contributed by atoms with van der Waals surface area (Å²) in [6.07, 6.45) is 0. The molecule has 2 aliphatic rings. The summed E-state index contributed by atoms with van der Waals surface area (Å²) >= 11 is 0. The number of fused-ring (bicyclic) bond motifs is 2. The third kappa shape index (κ3) is 1.91. The number of carbonyl (C=O) groups is 2. The minimum Gasteiger partial charge on any atom is -0.466 e. The van der Waals surface area contributed by atoms with E-state index in [1.807, 2.05) is 13.0 Å². The van der Waals surface area contributed by atoms with Gasteiger partial charge in [0.15, 0.2) is 5.41 Å². The Morgan fingerprint density at radius 1 is 1.44 bits per heavy atom. The van der Waals surface area contributed by atoms with Crippen LogP contribution in [0.1, 0.15) is 19.4 Å². The van der Waals surface area contributed by atoms with Crippen LogP contribution in [-0.2, 0) is 24.5 Å². The maximum absolute atomic E-state index is 13.4. The number of para-hydroxylation sites is 1. The Kier molecular flexibility index (Phi) is 3.76. The van der Waals surface area contributed by atoms with Gasteiger partial charge in [0.2, 0.25) is 11.8 Å². The van der Waals surface area contributed by atoms with Crippen LogP contribution in [0.2, 0.25) is 0 Å². The van der Waals surface area contributed by atoms with Gasteiger partial charge in [-0.3, -0.25) is 4.79 Å². The topological polar surface area (TPSA) is 106 Å². The Bertz CT molecular complexity index is 894. The molecule has 0 fully saturated rings. The number of ether oxygens (including phenoxy) is 2. The summed E-state index contributed by atoms with van der Waals surface area (Å²) in [6.45, 7) is 3.73. The number of methoxy groups -OCH3 is 1. The molecule has 1 aromatic rings. The van der Waals surface area contributed by atoms with E-state index < -0.39 is 17.3 Å². The highest BCUT2D eigenvalue weighted by Crippen LogP contribution is 2.53. The van der Waals surface area contributed by atoms with Crippen LogP contribution in [0.4, 0.5) is 5.69 Å². The lowest BCUT2D eigenvalue weighted by molar-refractivity contribution is -0.138. The molecule has 0 unspecified atom stereocenters. The molecule has 0 saturated heterocycles. The van der Waals surface area contributed by atoms with Crippen LogP contribution >= 0.6 is 0 Å². The first-order valence-corrected chi connectivity index (χ1v) is 7.74. The highest BCUT2D eigenvalue weighted by atomic mass is 16.5. The molecule has 0 aliphatic carbocycles. The first-order chi connectivity index (χ1) is 11.9. The zero-order valence-corrected chi connectivity index (χ0v) is 14.1. The monoisotopic (exact) mass is 339 g/mol. The number of allylic oxidation sites excluding steroid dienone is 1. The molecule has 1 atom stereocenters. The van der Waals surface area contributed by atoms with Crippen molar-refractivity contribution in [3.8, 4) is 6.07 Å². The normalized spacial score (nSPS) is 22.0. The fourth-order valence-electron chi connectivity index (χ4n) is 3.63. The molecule has 1 spiro atoms. The second kappa shape index (κ2) is 5.67. The largest absolute Gasteiger partial charge is 0.466 e. The van der Waals surface area contributed by atoms with Crippen molar-refractivity contribution in [2.75, 3.05) is 18.6 Å². The van der Waals surface area contributed by atoms with Crippen molar-refractivity contribution in [2.24, 2.45) is 5.73 Å². The van der Waals surface area contributed by atoms with Crippen molar-refractivity contribution in [1.82, 2.24) is 0 Å². The van der Waals surface area contributed by atoms with E-state index in [9.17, 15) is 14.9 Å². The van der Waals surface area contributed by atoms with Crippen molar-refractivity contribution in [2.45, 2.75) is 19.3 Å². The molecule has 0 bridgehead atoms.